The maximum Gasteiger partial charge on any atom is 0.132 e. The first-order valence-electron chi connectivity index (χ1n) is 4.01. The van der Waals surface area contributed by atoms with Gasteiger partial charge in [0, 0.05) is 5.56 Å². The van der Waals surface area contributed by atoms with Gasteiger partial charge < -0.3 is 0 Å². The molecular formula is C10H6FN3. The summed E-state index contributed by atoms with van der Waals surface area (Å²) in [7, 11) is 0. The summed E-state index contributed by atoms with van der Waals surface area (Å²) in [6, 6.07) is 8.19. The predicted octanol–water partition coefficient (Wildman–Crippen LogP) is 2.09. The molecule has 0 saturated carbocycles. The third-order valence-electron chi connectivity index (χ3n) is 1.90. The normalized spacial score (nSPS) is 9.71. The fraction of sp³-hybridized carbons (Fsp3) is 0. The Morgan fingerprint density at radius 2 is 2.14 bits per heavy atom. The van der Waals surface area contributed by atoms with E-state index in [1.807, 2.05) is 6.07 Å². The maximum atomic E-state index is 13.3. The van der Waals surface area contributed by atoms with E-state index in [0.717, 1.165) is 0 Å². The topological polar surface area (TPSA) is 52.5 Å². The van der Waals surface area contributed by atoms with E-state index in [1.54, 1.807) is 18.2 Å². The fourth-order valence-electron chi connectivity index (χ4n) is 1.24. The van der Waals surface area contributed by atoms with Gasteiger partial charge in [-0.2, -0.15) is 10.4 Å². The molecule has 0 fully saturated rings. The number of benzene rings is 1. The van der Waals surface area contributed by atoms with Crippen LogP contribution in [0, 0.1) is 17.1 Å². The standard InChI is InChI=1S/C10H6FN3/c11-9-4-2-1-3-8(9)10-7(5-12)6-13-14-10/h1-4,6H,(H,13,14). The molecule has 0 bridgehead atoms. The second kappa shape index (κ2) is 3.30. The van der Waals surface area contributed by atoms with Gasteiger partial charge in [-0.25, -0.2) is 4.39 Å². The molecule has 68 valence electrons. The molecule has 1 aromatic carbocycles. The van der Waals surface area contributed by atoms with Gasteiger partial charge in [-0.15, -0.1) is 0 Å². The molecule has 0 aliphatic heterocycles. The lowest BCUT2D eigenvalue weighted by Crippen LogP contribution is -1.86. The Morgan fingerprint density at radius 3 is 2.86 bits per heavy atom. The zero-order valence-corrected chi connectivity index (χ0v) is 7.16. The number of rotatable bonds is 1. The molecule has 0 radical (unpaired) electrons. The first-order valence-corrected chi connectivity index (χ1v) is 4.01. The SMILES string of the molecule is N#Cc1cn[nH]c1-c1ccccc1F. The van der Waals surface area contributed by atoms with Crippen molar-refractivity contribution >= 4 is 0 Å². The summed E-state index contributed by atoms with van der Waals surface area (Å²) in [6.07, 6.45) is 1.38. The number of aromatic amines is 1. The molecule has 2 rings (SSSR count). The first-order chi connectivity index (χ1) is 6.83. The van der Waals surface area contributed by atoms with Crippen LogP contribution >= 0.6 is 0 Å². The van der Waals surface area contributed by atoms with Crippen molar-refractivity contribution in [3.63, 3.8) is 0 Å². The van der Waals surface area contributed by atoms with E-state index in [0.29, 0.717) is 16.8 Å². The van der Waals surface area contributed by atoms with Gasteiger partial charge in [0.25, 0.3) is 0 Å². The summed E-state index contributed by atoms with van der Waals surface area (Å²) < 4.78 is 13.3. The average Bonchev–Trinajstić information content (AvgIpc) is 2.66. The van der Waals surface area contributed by atoms with Gasteiger partial charge in [0.1, 0.15) is 11.9 Å². The smallest absolute Gasteiger partial charge is 0.132 e. The molecule has 0 amide bonds. The summed E-state index contributed by atoms with van der Waals surface area (Å²) in [6.45, 7) is 0. The number of nitriles is 1. The van der Waals surface area contributed by atoms with Crippen molar-refractivity contribution in [3.05, 3.63) is 41.8 Å². The van der Waals surface area contributed by atoms with Crippen molar-refractivity contribution in [3.8, 4) is 17.3 Å². The second-order valence-corrected chi connectivity index (χ2v) is 2.75. The lowest BCUT2D eigenvalue weighted by Gasteiger charge is -1.98. The van der Waals surface area contributed by atoms with Crippen LogP contribution in [-0.4, -0.2) is 10.2 Å². The minimum atomic E-state index is -0.367. The zero-order valence-electron chi connectivity index (χ0n) is 7.16. The van der Waals surface area contributed by atoms with Crippen molar-refractivity contribution in [2.45, 2.75) is 0 Å². The van der Waals surface area contributed by atoms with E-state index >= 15 is 0 Å². The van der Waals surface area contributed by atoms with E-state index in [9.17, 15) is 4.39 Å². The van der Waals surface area contributed by atoms with Crippen molar-refractivity contribution in [1.29, 1.82) is 5.26 Å². The van der Waals surface area contributed by atoms with Gasteiger partial charge in [-0.1, -0.05) is 12.1 Å². The highest BCUT2D eigenvalue weighted by atomic mass is 19.1. The second-order valence-electron chi connectivity index (χ2n) is 2.75. The number of hydrogen-bond donors (Lipinski definition) is 1. The number of H-pyrrole nitrogens is 1. The van der Waals surface area contributed by atoms with Crippen LogP contribution in [0.5, 0.6) is 0 Å². The molecule has 1 heterocycles. The Kier molecular flexibility index (Phi) is 1.99. The zero-order chi connectivity index (χ0) is 9.97. The summed E-state index contributed by atoms with van der Waals surface area (Å²) in [5, 5.41) is 15.0. The average molecular weight is 187 g/mol. The largest absolute Gasteiger partial charge is 0.276 e. The lowest BCUT2D eigenvalue weighted by atomic mass is 10.1. The molecule has 1 aromatic heterocycles. The number of halogens is 1. The summed E-state index contributed by atoms with van der Waals surface area (Å²) in [5.74, 6) is -0.367. The van der Waals surface area contributed by atoms with E-state index < -0.39 is 0 Å². The molecular weight excluding hydrogens is 181 g/mol. The van der Waals surface area contributed by atoms with Crippen LogP contribution in [0.4, 0.5) is 4.39 Å². The molecule has 0 atom stereocenters. The van der Waals surface area contributed by atoms with Crippen LogP contribution in [0.1, 0.15) is 5.56 Å². The minimum absolute atomic E-state index is 0.343. The highest BCUT2D eigenvalue weighted by Gasteiger charge is 2.10. The Balaban J connectivity index is 2.62. The Hall–Kier alpha value is -2.15. The molecule has 14 heavy (non-hydrogen) atoms. The van der Waals surface area contributed by atoms with Crippen LogP contribution in [0.2, 0.25) is 0 Å². The van der Waals surface area contributed by atoms with Crippen LogP contribution in [0.15, 0.2) is 30.5 Å². The molecule has 2 aromatic rings. The van der Waals surface area contributed by atoms with Crippen molar-refractivity contribution in [2.75, 3.05) is 0 Å². The van der Waals surface area contributed by atoms with Gasteiger partial charge in [0.2, 0.25) is 0 Å². The fourth-order valence-corrected chi connectivity index (χ4v) is 1.24. The summed E-state index contributed by atoms with van der Waals surface area (Å²) >= 11 is 0. The Bertz CT molecular complexity index is 496. The van der Waals surface area contributed by atoms with Gasteiger partial charge in [0.15, 0.2) is 0 Å². The van der Waals surface area contributed by atoms with Crippen LogP contribution in [0.25, 0.3) is 11.3 Å². The van der Waals surface area contributed by atoms with E-state index in [1.165, 1.54) is 12.3 Å². The molecule has 3 nitrogen and oxygen atoms in total. The maximum absolute atomic E-state index is 13.3. The van der Waals surface area contributed by atoms with Gasteiger partial charge in [0.05, 0.1) is 17.5 Å². The molecule has 4 heteroatoms. The number of nitrogens with one attached hydrogen (secondary N) is 1. The molecule has 0 unspecified atom stereocenters. The van der Waals surface area contributed by atoms with Gasteiger partial charge >= 0.3 is 0 Å². The van der Waals surface area contributed by atoms with Crippen molar-refractivity contribution in [2.24, 2.45) is 0 Å². The Morgan fingerprint density at radius 1 is 1.36 bits per heavy atom. The third-order valence-corrected chi connectivity index (χ3v) is 1.90. The van der Waals surface area contributed by atoms with Gasteiger partial charge in [-0.3, -0.25) is 5.10 Å². The number of hydrogen-bond acceptors (Lipinski definition) is 2. The van der Waals surface area contributed by atoms with Crippen LogP contribution < -0.4 is 0 Å². The summed E-state index contributed by atoms with van der Waals surface area (Å²) in [4.78, 5) is 0. The highest BCUT2D eigenvalue weighted by Crippen LogP contribution is 2.22. The lowest BCUT2D eigenvalue weighted by molar-refractivity contribution is 0.630. The highest BCUT2D eigenvalue weighted by molar-refractivity contribution is 5.66. The quantitative estimate of drug-likeness (QED) is 0.743. The van der Waals surface area contributed by atoms with E-state index in [2.05, 4.69) is 10.2 Å². The summed E-state index contributed by atoms with van der Waals surface area (Å²) in [5.41, 5.74) is 1.13. The molecule has 0 saturated heterocycles. The molecule has 0 spiro atoms. The number of nitrogens with zero attached hydrogens (tertiary/aromatic N) is 2. The van der Waals surface area contributed by atoms with Crippen molar-refractivity contribution in [1.82, 2.24) is 10.2 Å². The Labute approximate surface area is 79.8 Å². The third kappa shape index (κ3) is 1.25. The number of aromatic nitrogens is 2. The monoisotopic (exact) mass is 187 g/mol. The van der Waals surface area contributed by atoms with Gasteiger partial charge in [-0.05, 0) is 12.1 Å². The minimum Gasteiger partial charge on any atom is -0.276 e. The molecule has 0 aliphatic carbocycles. The predicted molar refractivity (Wildman–Crippen MR) is 48.7 cm³/mol. The van der Waals surface area contributed by atoms with E-state index in [4.69, 9.17) is 5.26 Å². The van der Waals surface area contributed by atoms with Crippen LogP contribution in [-0.2, 0) is 0 Å². The molecule has 1 N–H and O–H groups in total. The van der Waals surface area contributed by atoms with Crippen molar-refractivity contribution < 1.29 is 4.39 Å². The first kappa shape index (κ1) is 8.45. The van der Waals surface area contributed by atoms with Crippen LogP contribution in [0.3, 0.4) is 0 Å². The molecule has 0 aliphatic rings. The van der Waals surface area contributed by atoms with E-state index in [-0.39, 0.29) is 5.82 Å².